The second-order valence-electron chi connectivity index (χ2n) is 6.03. The van der Waals surface area contributed by atoms with Gasteiger partial charge in [0.25, 0.3) is 0 Å². The van der Waals surface area contributed by atoms with E-state index in [4.69, 9.17) is 15.6 Å². The van der Waals surface area contributed by atoms with E-state index in [-0.39, 0.29) is 29.9 Å². The molecule has 5 N–H and O–H groups in total. The fourth-order valence-corrected chi connectivity index (χ4v) is 2.81. The summed E-state index contributed by atoms with van der Waals surface area (Å²) in [6.07, 6.45) is 1.56. The number of benzene rings is 3. The van der Waals surface area contributed by atoms with Crippen molar-refractivity contribution in [3.05, 3.63) is 78.5 Å². The number of aromatic carboxylic acids is 1. The van der Waals surface area contributed by atoms with Crippen molar-refractivity contribution in [3.8, 4) is 11.6 Å². The normalized spacial score (nSPS) is 9.87. The molecule has 0 aliphatic carbocycles. The van der Waals surface area contributed by atoms with Gasteiger partial charge in [0.1, 0.15) is 5.75 Å². The van der Waals surface area contributed by atoms with Crippen LogP contribution >= 0.6 is 0 Å². The summed E-state index contributed by atoms with van der Waals surface area (Å²) in [7, 11) is 0. The maximum Gasteiger partial charge on any atom is 1.00 e. The van der Waals surface area contributed by atoms with Crippen molar-refractivity contribution in [2.45, 2.75) is 0 Å². The Morgan fingerprint density at radius 3 is 2.53 bits per heavy atom. The number of carboxylic acid groups (broad SMARTS) is 1. The molecule has 9 heteroatoms. The zero-order valence-electron chi connectivity index (χ0n) is 16.1. The molecule has 0 unspecified atom stereocenters. The van der Waals surface area contributed by atoms with E-state index < -0.39 is 5.97 Å². The molecule has 0 amide bonds. The van der Waals surface area contributed by atoms with E-state index >= 15 is 0 Å². The molecule has 146 valence electrons. The first-order valence-corrected chi connectivity index (χ1v) is 8.49. The van der Waals surface area contributed by atoms with Crippen molar-refractivity contribution < 1.29 is 39.0 Å². The van der Waals surface area contributed by atoms with Crippen LogP contribution in [-0.4, -0.2) is 26.5 Å². The Labute approximate surface area is 184 Å². The molecule has 4 aromatic rings. The SMILES string of the molecule is Nc1ccc(Oc2ccnc(Nc3cccc(C(=O)O)c3)n2)c2ccccc12.[Li+].[OH-]. The van der Waals surface area contributed by atoms with E-state index in [1.807, 2.05) is 24.3 Å². The van der Waals surface area contributed by atoms with Gasteiger partial charge in [0, 0.05) is 34.4 Å². The number of nitrogens with zero attached hydrogens (tertiary/aromatic N) is 2. The van der Waals surface area contributed by atoms with Crippen LogP contribution in [0.15, 0.2) is 72.9 Å². The largest absolute Gasteiger partial charge is 1.00 e. The number of hydrogen-bond donors (Lipinski definition) is 3. The number of nitrogens with one attached hydrogen (secondary N) is 1. The van der Waals surface area contributed by atoms with Crippen LogP contribution in [0.25, 0.3) is 10.8 Å². The fraction of sp³-hybridized carbons (Fsp3) is 0. The number of anilines is 3. The summed E-state index contributed by atoms with van der Waals surface area (Å²) in [5, 5.41) is 13.9. The third-order valence-corrected chi connectivity index (χ3v) is 4.13. The van der Waals surface area contributed by atoms with Gasteiger partial charge in [-0.1, -0.05) is 30.3 Å². The molecule has 0 saturated heterocycles. The number of nitrogen functional groups attached to an aromatic ring is 1. The second kappa shape index (κ2) is 9.76. The molecule has 1 heterocycles. The standard InChI is InChI=1S/C21H16N4O3.Li.H2O/c22-17-8-9-18(16-7-2-1-6-15(16)17)28-19-10-11-23-21(25-19)24-14-5-3-4-13(12-14)20(26)27;;/h1-12H,22H2,(H,26,27)(H,23,24,25);;1H2/q;+1;/p-1. The van der Waals surface area contributed by atoms with Gasteiger partial charge in [-0.05, 0) is 30.3 Å². The average Bonchev–Trinajstić information content (AvgIpc) is 2.71. The van der Waals surface area contributed by atoms with E-state index in [0.29, 0.717) is 29.0 Å². The first-order valence-electron chi connectivity index (χ1n) is 8.49. The summed E-state index contributed by atoms with van der Waals surface area (Å²) < 4.78 is 5.95. The Hall–Kier alpha value is -3.57. The number of ether oxygens (including phenoxy) is 1. The average molecular weight is 396 g/mol. The van der Waals surface area contributed by atoms with Gasteiger partial charge in [-0.15, -0.1) is 0 Å². The Kier molecular flexibility index (Phi) is 7.39. The predicted octanol–water partition coefficient (Wildman–Crippen LogP) is 1.27. The maximum atomic E-state index is 11.1. The molecule has 30 heavy (non-hydrogen) atoms. The second-order valence-corrected chi connectivity index (χ2v) is 6.03. The molecule has 0 saturated carbocycles. The molecule has 0 spiro atoms. The van der Waals surface area contributed by atoms with Gasteiger partial charge in [0.2, 0.25) is 11.8 Å². The van der Waals surface area contributed by atoms with Gasteiger partial charge in [-0.2, -0.15) is 4.98 Å². The number of fused-ring (bicyclic) bond motifs is 1. The smallest absolute Gasteiger partial charge is 0.870 e. The summed E-state index contributed by atoms with van der Waals surface area (Å²) in [6, 6.07) is 19.3. The summed E-state index contributed by atoms with van der Waals surface area (Å²) in [4.78, 5) is 19.6. The summed E-state index contributed by atoms with van der Waals surface area (Å²) >= 11 is 0. The molecule has 1 aromatic heterocycles. The maximum absolute atomic E-state index is 11.1. The zero-order valence-corrected chi connectivity index (χ0v) is 16.1. The Balaban J connectivity index is 0.00000160. The van der Waals surface area contributed by atoms with Crippen molar-refractivity contribution in [2.75, 3.05) is 11.1 Å². The zero-order chi connectivity index (χ0) is 19.5. The minimum Gasteiger partial charge on any atom is -0.870 e. The van der Waals surface area contributed by atoms with E-state index in [2.05, 4.69) is 15.3 Å². The van der Waals surface area contributed by atoms with Crippen molar-refractivity contribution in [2.24, 2.45) is 0 Å². The Morgan fingerprint density at radius 2 is 1.77 bits per heavy atom. The molecule has 0 aliphatic rings. The van der Waals surface area contributed by atoms with Crippen molar-refractivity contribution in [1.29, 1.82) is 0 Å². The van der Waals surface area contributed by atoms with E-state index in [0.717, 1.165) is 10.8 Å². The van der Waals surface area contributed by atoms with E-state index in [1.54, 1.807) is 36.5 Å². The summed E-state index contributed by atoms with van der Waals surface area (Å²) in [6.45, 7) is 0. The number of carboxylic acids is 1. The molecule has 0 atom stereocenters. The van der Waals surface area contributed by atoms with Gasteiger partial charge >= 0.3 is 24.8 Å². The summed E-state index contributed by atoms with van der Waals surface area (Å²) in [5.74, 6) is 0.265. The predicted molar refractivity (Wildman–Crippen MR) is 109 cm³/mol. The van der Waals surface area contributed by atoms with Crippen molar-refractivity contribution in [3.63, 3.8) is 0 Å². The van der Waals surface area contributed by atoms with E-state index in [1.165, 1.54) is 12.1 Å². The number of nitrogens with two attached hydrogens (primary N) is 1. The van der Waals surface area contributed by atoms with Gasteiger partial charge in [-0.25, -0.2) is 9.78 Å². The molecule has 0 fully saturated rings. The molecule has 0 bridgehead atoms. The topological polar surface area (TPSA) is 140 Å². The molecule has 8 nitrogen and oxygen atoms in total. The van der Waals surface area contributed by atoms with Gasteiger partial charge in [-0.3, -0.25) is 0 Å². The molecule has 4 rings (SSSR count). The third-order valence-electron chi connectivity index (χ3n) is 4.13. The fourth-order valence-electron chi connectivity index (χ4n) is 2.81. The Morgan fingerprint density at radius 1 is 1.00 bits per heavy atom. The monoisotopic (exact) mass is 396 g/mol. The first kappa shape index (κ1) is 22.7. The molecular formula is C21H17LiN4O4. The summed E-state index contributed by atoms with van der Waals surface area (Å²) in [5.41, 5.74) is 7.44. The van der Waals surface area contributed by atoms with Crippen molar-refractivity contribution >= 4 is 34.1 Å². The van der Waals surface area contributed by atoms with Crippen molar-refractivity contribution in [1.82, 2.24) is 9.97 Å². The number of rotatable bonds is 5. The van der Waals surface area contributed by atoms with Crippen LogP contribution in [0.3, 0.4) is 0 Å². The molecule has 0 aliphatic heterocycles. The molecular weight excluding hydrogens is 379 g/mol. The minimum absolute atomic E-state index is 0. The third kappa shape index (κ3) is 4.88. The van der Waals surface area contributed by atoms with Gasteiger partial charge in [0.15, 0.2) is 0 Å². The van der Waals surface area contributed by atoms with Gasteiger partial charge < -0.3 is 26.4 Å². The number of aromatic nitrogens is 2. The molecule has 3 aromatic carbocycles. The molecule has 0 radical (unpaired) electrons. The van der Waals surface area contributed by atoms with Crippen LogP contribution in [0, 0.1) is 0 Å². The Bertz CT molecular complexity index is 1190. The van der Waals surface area contributed by atoms with E-state index in [9.17, 15) is 4.79 Å². The van der Waals surface area contributed by atoms with Crippen LogP contribution in [0.4, 0.5) is 17.3 Å². The van der Waals surface area contributed by atoms with Crippen LogP contribution in [0.2, 0.25) is 0 Å². The quantitative estimate of drug-likeness (QED) is 0.338. The number of hydrogen-bond acceptors (Lipinski definition) is 7. The number of carbonyl (C=O) groups is 1. The first-order chi connectivity index (χ1) is 13.6. The minimum atomic E-state index is -1.00. The van der Waals surface area contributed by atoms with Crippen LogP contribution in [0.1, 0.15) is 10.4 Å². The van der Waals surface area contributed by atoms with Crippen LogP contribution in [-0.2, 0) is 0 Å². The van der Waals surface area contributed by atoms with Crippen LogP contribution < -0.4 is 34.6 Å². The van der Waals surface area contributed by atoms with Gasteiger partial charge in [0.05, 0.1) is 5.56 Å². The van der Waals surface area contributed by atoms with Crippen LogP contribution in [0.5, 0.6) is 11.6 Å².